The molecule has 3 heterocycles. The normalized spacial score (nSPS) is 22.3. The van der Waals surface area contributed by atoms with E-state index in [0.717, 1.165) is 34.7 Å². The van der Waals surface area contributed by atoms with Gasteiger partial charge in [0.25, 0.3) is 11.8 Å². The quantitative estimate of drug-likeness (QED) is 0.157. The number of aliphatic carboxylic acids is 1. The van der Waals surface area contributed by atoms with Crippen LogP contribution in [0.4, 0.5) is 26.3 Å². The average Bonchev–Trinajstić information content (AvgIpc) is 3.82. The number of hydrogen-bond donors (Lipinski definition) is 2. The molecule has 1 saturated carbocycles. The summed E-state index contributed by atoms with van der Waals surface area (Å²) in [6, 6.07) is 8.02. The van der Waals surface area contributed by atoms with Crippen molar-refractivity contribution in [3.05, 3.63) is 75.7 Å². The van der Waals surface area contributed by atoms with E-state index in [-0.39, 0.29) is 57.2 Å². The van der Waals surface area contributed by atoms with Crippen LogP contribution in [0.5, 0.6) is 11.5 Å². The summed E-state index contributed by atoms with van der Waals surface area (Å²) in [5.41, 5.74) is -3.76. The molecule has 3 aromatic rings. The molecule has 10 nitrogen and oxygen atoms in total. The first kappa shape index (κ1) is 41.8. The molecule has 0 spiro atoms. The Kier molecular flexibility index (Phi) is 13.1. The number of amides is 2. The van der Waals surface area contributed by atoms with E-state index in [1.807, 2.05) is 0 Å². The van der Waals surface area contributed by atoms with Gasteiger partial charge in [0.1, 0.15) is 22.1 Å². The summed E-state index contributed by atoms with van der Waals surface area (Å²) < 4.78 is 95.6. The Hall–Kier alpha value is -4.38. The fourth-order valence-corrected chi connectivity index (χ4v) is 8.17. The Morgan fingerprint density at radius 3 is 2.45 bits per heavy atom. The molecule has 1 saturated heterocycles. The van der Waals surface area contributed by atoms with Gasteiger partial charge in [-0.15, -0.1) is 11.3 Å². The molecule has 2 aliphatic rings. The van der Waals surface area contributed by atoms with Crippen molar-refractivity contribution in [1.82, 2.24) is 14.8 Å². The van der Waals surface area contributed by atoms with Crippen LogP contribution in [-0.2, 0) is 21.9 Å². The molecular weight excluding hydrogens is 756 g/mol. The predicted molar refractivity (Wildman–Crippen MR) is 189 cm³/mol. The van der Waals surface area contributed by atoms with E-state index in [9.17, 15) is 50.9 Å². The third-order valence-corrected chi connectivity index (χ3v) is 11.1. The van der Waals surface area contributed by atoms with Gasteiger partial charge in [-0.25, -0.2) is 0 Å². The van der Waals surface area contributed by atoms with Crippen LogP contribution >= 0.6 is 11.3 Å². The number of benzene rings is 1. The first-order valence-corrected chi connectivity index (χ1v) is 19.0. The number of rotatable bonds is 14. The van der Waals surface area contributed by atoms with Crippen molar-refractivity contribution in [3.63, 3.8) is 0 Å². The summed E-state index contributed by atoms with van der Waals surface area (Å²) in [6.07, 6.45) is -8.50. The third kappa shape index (κ3) is 9.36. The Bertz CT molecular complexity index is 1820. The number of piperidine rings is 1. The Morgan fingerprint density at radius 1 is 1.07 bits per heavy atom. The van der Waals surface area contributed by atoms with Crippen LogP contribution in [0.25, 0.3) is 0 Å². The minimum Gasteiger partial charge on any atom is -0.490 e. The van der Waals surface area contributed by atoms with E-state index < -0.39 is 69.9 Å². The van der Waals surface area contributed by atoms with E-state index in [2.05, 4.69) is 4.98 Å². The van der Waals surface area contributed by atoms with Gasteiger partial charge in [0.2, 0.25) is 5.60 Å². The lowest BCUT2D eigenvalue weighted by Crippen LogP contribution is -2.68. The van der Waals surface area contributed by atoms with Gasteiger partial charge in [-0.2, -0.15) is 26.3 Å². The lowest BCUT2D eigenvalue weighted by molar-refractivity contribution is -0.159. The highest BCUT2D eigenvalue weighted by molar-refractivity contribution is 7.10. The zero-order chi connectivity index (χ0) is 40.1. The lowest BCUT2D eigenvalue weighted by Gasteiger charge is -2.50. The van der Waals surface area contributed by atoms with Crippen molar-refractivity contribution in [2.24, 2.45) is 5.92 Å². The van der Waals surface area contributed by atoms with Crippen molar-refractivity contribution < 1.29 is 60.4 Å². The summed E-state index contributed by atoms with van der Waals surface area (Å²) >= 11 is 0.354. The van der Waals surface area contributed by atoms with Crippen LogP contribution in [0.1, 0.15) is 97.8 Å². The molecule has 0 radical (unpaired) electrons. The summed E-state index contributed by atoms with van der Waals surface area (Å²) in [6.45, 7) is 3.30. The number of hydrogen-bond acceptors (Lipinski definition) is 8. The van der Waals surface area contributed by atoms with Gasteiger partial charge in [-0.05, 0) is 63.6 Å². The second-order valence-electron chi connectivity index (χ2n) is 13.8. The number of aliphatic hydroxyl groups excluding tert-OH is 1. The number of carboxylic acids is 1. The summed E-state index contributed by atoms with van der Waals surface area (Å²) in [5.74, 6) is -3.16. The molecule has 5 atom stereocenters. The Balaban J connectivity index is 1.46. The van der Waals surface area contributed by atoms with Gasteiger partial charge in [-0.1, -0.05) is 31.5 Å². The third-order valence-electron chi connectivity index (χ3n) is 10.2. The molecular formula is C38H43F6N3O7S. The molecule has 2 N–H and O–H groups in total. The van der Waals surface area contributed by atoms with E-state index in [0.29, 0.717) is 48.3 Å². The summed E-state index contributed by atoms with van der Waals surface area (Å²) in [4.78, 5) is 45.7. The monoisotopic (exact) mass is 799 g/mol. The number of likely N-dealkylation sites (N-methyl/N-ethyl adjacent to an activating group) is 1. The zero-order valence-corrected chi connectivity index (χ0v) is 31.1. The van der Waals surface area contributed by atoms with Crippen molar-refractivity contribution in [2.45, 2.75) is 101 Å². The van der Waals surface area contributed by atoms with E-state index in [4.69, 9.17) is 9.47 Å². The van der Waals surface area contributed by atoms with Crippen molar-refractivity contribution in [2.75, 3.05) is 19.6 Å². The first-order valence-electron chi connectivity index (χ1n) is 18.1. The van der Waals surface area contributed by atoms with Gasteiger partial charge in [0.15, 0.2) is 0 Å². The Morgan fingerprint density at radius 2 is 1.82 bits per heavy atom. The Labute approximate surface area is 318 Å². The molecule has 2 aromatic heterocycles. The zero-order valence-electron chi connectivity index (χ0n) is 30.2. The van der Waals surface area contributed by atoms with Crippen molar-refractivity contribution in [1.29, 1.82) is 0 Å². The number of carbonyl (C=O) groups is 3. The number of halogens is 6. The minimum absolute atomic E-state index is 0.0287. The highest BCUT2D eigenvalue weighted by atomic mass is 32.1. The molecule has 5 unspecified atom stereocenters. The molecule has 2 fully saturated rings. The lowest BCUT2D eigenvalue weighted by atomic mass is 9.79. The first-order chi connectivity index (χ1) is 26.0. The SMILES string of the molecule is CCCC1N(C(=O)c2ncccc2C(F)(F)F)CCCC1(Oc1csc(C(F)(F)F)c1)C(=O)N(CC)CCC(O)c1ccccc1OC1CCC(C(=O)O)C1. The molecule has 2 amide bonds. The van der Waals surface area contributed by atoms with E-state index in [1.54, 1.807) is 38.1 Å². The smallest absolute Gasteiger partial charge is 0.425 e. The molecule has 17 heteroatoms. The fourth-order valence-electron chi connectivity index (χ4n) is 7.49. The number of likely N-dealkylation sites (tertiary alicyclic amines) is 1. The van der Waals surface area contributed by atoms with Gasteiger partial charge < -0.3 is 29.5 Å². The maximum absolute atomic E-state index is 14.9. The number of pyridine rings is 1. The van der Waals surface area contributed by atoms with Crippen molar-refractivity contribution in [3.8, 4) is 11.5 Å². The summed E-state index contributed by atoms with van der Waals surface area (Å²) in [7, 11) is 0. The van der Waals surface area contributed by atoms with Crippen molar-refractivity contribution >= 4 is 29.1 Å². The number of para-hydroxylation sites is 1. The molecule has 55 heavy (non-hydrogen) atoms. The molecule has 0 bridgehead atoms. The second kappa shape index (κ2) is 17.2. The average molecular weight is 800 g/mol. The van der Waals surface area contributed by atoms with Gasteiger partial charge in [0, 0.05) is 49.3 Å². The molecule has 1 aliphatic carbocycles. The molecule has 5 rings (SSSR count). The van der Waals surface area contributed by atoms with Gasteiger partial charge in [-0.3, -0.25) is 19.4 Å². The van der Waals surface area contributed by atoms with Crippen LogP contribution in [0.3, 0.4) is 0 Å². The fraction of sp³-hybridized carbons (Fsp3) is 0.526. The van der Waals surface area contributed by atoms with Crippen LogP contribution < -0.4 is 9.47 Å². The molecule has 300 valence electrons. The predicted octanol–water partition coefficient (Wildman–Crippen LogP) is 8.01. The molecule has 1 aliphatic heterocycles. The number of thiophene rings is 1. The largest absolute Gasteiger partial charge is 0.490 e. The number of carbonyl (C=O) groups excluding carboxylic acids is 2. The minimum atomic E-state index is -4.93. The van der Waals surface area contributed by atoms with E-state index in [1.165, 1.54) is 4.90 Å². The second-order valence-corrected chi connectivity index (χ2v) is 14.7. The van der Waals surface area contributed by atoms with Crippen LogP contribution in [0, 0.1) is 5.92 Å². The number of alkyl halides is 6. The maximum atomic E-state index is 14.9. The standard InChI is InChI=1S/C38H43F6N3O7S/c1-3-9-30-36(54-25-21-31(55-22-25)38(42,43)44,16-8-18-47(30)33(49)32-27(37(39,40)41)11-7-17-45-32)35(52)46(4-2)19-15-28(48)26-10-5-6-12-29(26)53-24-14-13-23(20-24)34(50)51/h5-7,10-12,17,21-24,28,30,48H,3-4,8-9,13-16,18-20H2,1-2H3,(H,50,51). The summed E-state index contributed by atoms with van der Waals surface area (Å²) in [5, 5.41) is 21.9. The molecule has 1 aromatic carbocycles. The maximum Gasteiger partial charge on any atom is 0.425 e. The van der Waals surface area contributed by atoms with Crippen LogP contribution in [-0.4, -0.2) is 80.2 Å². The van der Waals surface area contributed by atoms with Crippen LogP contribution in [0.2, 0.25) is 0 Å². The van der Waals surface area contributed by atoms with Crippen LogP contribution in [0.15, 0.2) is 54.0 Å². The highest BCUT2D eigenvalue weighted by Crippen LogP contribution is 2.43. The van der Waals surface area contributed by atoms with E-state index >= 15 is 0 Å². The topological polar surface area (TPSA) is 130 Å². The van der Waals surface area contributed by atoms with Gasteiger partial charge >= 0.3 is 18.3 Å². The van der Waals surface area contributed by atoms with Gasteiger partial charge in [0.05, 0.1) is 29.7 Å². The number of nitrogens with zero attached hydrogens (tertiary/aromatic N) is 3. The number of ether oxygens (including phenoxy) is 2. The number of aromatic nitrogens is 1. The number of aliphatic hydroxyl groups is 1. The highest BCUT2D eigenvalue weighted by Gasteiger charge is 2.56. The number of carboxylic acid groups (broad SMARTS) is 1.